The Balaban J connectivity index is 1.75. The van der Waals surface area contributed by atoms with Gasteiger partial charge < -0.3 is 15.0 Å². The second kappa shape index (κ2) is 8.57. The molecule has 5 nitrogen and oxygen atoms in total. The van der Waals surface area contributed by atoms with E-state index in [2.05, 4.69) is 21.2 Å². The molecule has 0 aromatic heterocycles. The lowest BCUT2D eigenvalue weighted by molar-refractivity contribution is -0.122. The zero-order valence-electron chi connectivity index (χ0n) is 15.5. The Morgan fingerprint density at radius 2 is 2.04 bits per heavy atom. The summed E-state index contributed by atoms with van der Waals surface area (Å²) in [5.74, 6) is 0.0849. The van der Waals surface area contributed by atoms with Gasteiger partial charge in [-0.15, -0.1) is 0 Å². The minimum absolute atomic E-state index is 0.0613. The second-order valence-electron chi connectivity index (χ2n) is 6.45. The van der Waals surface area contributed by atoms with Gasteiger partial charge >= 0.3 is 0 Å². The number of benzene rings is 2. The largest absolute Gasteiger partial charge is 0.492 e. The fourth-order valence-electron chi connectivity index (χ4n) is 3.29. The summed E-state index contributed by atoms with van der Waals surface area (Å²) in [4.78, 5) is 27.0. The van der Waals surface area contributed by atoms with Crippen molar-refractivity contribution < 1.29 is 14.3 Å². The van der Waals surface area contributed by atoms with Crippen molar-refractivity contribution >= 4 is 39.1 Å². The first-order valence-corrected chi connectivity index (χ1v) is 9.94. The van der Waals surface area contributed by atoms with E-state index in [0.717, 1.165) is 27.8 Å². The van der Waals surface area contributed by atoms with Gasteiger partial charge in [0, 0.05) is 23.1 Å². The Labute approximate surface area is 167 Å². The number of rotatable bonds is 6. The third-order valence-corrected chi connectivity index (χ3v) is 5.15. The minimum Gasteiger partial charge on any atom is -0.492 e. The summed E-state index contributed by atoms with van der Waals surface area (Å²) >= 11 is 3.45. The van der Waals surface area contributed by atoms with E-state index in [-0.39, 0.29) is 24.2 Å². The number of nitrogens with one attached hydrogen (secondary N) is 1. The number of ether oxygens (including phenoxy) is 1. The molecule has 0 radical (unpaired) electrons. The molecule has 0 spiro atoms. The predicted octanol–water partition coefficient (Wildman–Crippen LogP) is 4.40. The molecule has 2 amide bonds. The van der Waals surface area contributed by atoms with E-state index in [1.165, 1.54) is 0 Å². The van der Waals surface area contributed by atoms with Crippen LogP contribution < -0.4 is 15.0 Å². The molecule has 2 aromatic rings. The van der Waals surface area contributed by atoms with Crippen molar-refractivity contribution in [3.63, 3.8) is 0 Å². The van der Waals surface area contributed by atoms with Gasteiger partial charge in [-0.2, -0.15) is 0 Å². The predicted molar refractivity (Wildman–Crippen MR) is 110 cm³/mol. The number of anilines is 2. The number of hydrogen-bond acceptors (Lipinski definition) is 3. The normalized spacial score (nSPS) is 16.5. The fraction of sp³-hybridized carbons (Fsp3) is 0.333. The van der Waals surface area contributed by atoms with Crippen molar-refractivity contribution in [2.24, 2.45) is 5.92 Å². The van der Waals surface area contributed by atoms with Gasteiger partial charge in [-0.05, 0) is 49.2 Å². The van der Waals surface area contributed by atoms with Gasteiger partial charge in [0.05, 0.1) is 18.2 Å². The molecule has 2 aromatic carbocycles. The average molecular weight is 431 g/mol. The molecule has 6 heteroatoms. The lowest BCUT2D eigenvalue weighted by atomic mass is 10.1. The Morgan fingerprint density at radius 1 is 1.26 bits per heavy atom. The van der Waals surface area contributed by atoms with Gasteiger partial charge in [-0.1, -0.05) is 35.0 Å². The van der Waals surface area contributed by atoms with Crippen LogP contribution in [0.3, 0.4) is 0 Å². The summed E-state index contributed by atoms with van der Waals surface area (Å²) < 4.78 is 6.61. The number of aryl methyl sites for hydroxylation is 1. The molecule has 1 saturated heterocycles. The monoisotopic (exact) mass is 430 g/mol. The van der Waals surface area contributed by atoms with Crippen molar-refractivity contribution in [1.29, 1.82) is 0 Å². The van der Waals surface area contributed by atoms with Crippen molar-refractivity contribution in [3.05, 3.63) is 52.5 Å². The summed E-state index contributed by atoms with van der Waals surface area (Å²) in [7, 11) is 0. The van der Waals surface area contributed by atoms with E-state index < -0.39 is 0 Å². The minimum atomic E-state index is -0.388. The number of para-hydroxylation sites is 2. The van der Waals surface area contributed by atoms with Crippen LogP contribution in [0, 0.1) is 5.92 Å². The van der Waals surface area contributed by atoms with E-state index in [0.29, 0.717) is 18.9 Å². The maximum atomic E-state index is 12.8. The molecule has 3 rings (SSSR count). The lowest BCUT2D eigenvalue weighted by Gasteiger charge is -2.20. The fourth-order valence-corrected chi connectivity index (χ4v) is 3.69. The van der Waals surface area contributed by atoms with Gasteiger partial charge in [0.15, 0.2) is 0 Å². The first kappa shape index (κ1) is 19.4. The quantitative estimate of drug-likeness (QED) is 0.738. The van der Waals surface area contributed by atoms with Crippen LogP contribution in [-0.2, 0) is 16.0 Å². The first-order chi connectivity index (χ1) is 13.0. The average Bonchev–Trinajstić information content (AvgIpc) is 3.05. The van der Waals surface area contributed by atoms with Crippen LogP contribution in [0.15, 0.2) is 46.9 Å². The van der Waals surface area contributed by atoms with Gasteiger partial charge in [-0.25, -0.2) is 0 Å². The first-order valence-electron chi connectivity index (χ1n) is 9.15. The number of amides is 2. The van der Waals surface area contributed by atoms with E-state index in [1.54, 1.807) is 4.90 Å². The summed E-state index contributed by atoms with van der Waals surface area (Å²) in [6.07, 6.45) is 1.01. The summed E-state index contributed by atoms with van der Waals surface area (Å²) in [5, 5.41) is 2.99. The van der Waals surface area contributed by atoms with Crippen molar-refractivity contribution in [1.82, 2.24) is 0 Å². The molecule has 0 bridgehead atoms. The zero-order chi connectivity index (χ0) is 19.4. The van der Waals surface area contributed by atoms with Gasteiger partial charge in [0.1, 0.15) is 5.75 Å². The van der Waals surface area contributed by atoms with Gasteiger partial charge in [0.2, 0.25) is 11.8 Å². The highest BCUT2D eigenvalue weighted by Gasteiger charge is 2.36. The Hall–Kier alpha value is -2.34. The molecule has 1 fully saturated rings. The molecule has 0 aliphatic carbocycles. The highest BCUT2D eigenvalue weighted by molar-refractivity contribution is 9.10. The summed E-state index contributed by atoms with van der Waals surface area (Å²) in [6, 6.07) is 13.2. The number of hydrogen-bond donors (Lipinski definition) is 1. The maximum Gasteiger partial charge on any atom is 0.229 e. The van der Waals surface area contributed by atoms with Crippen LogP contribution in [0.2, 0.25) is 0 Å². The number of carbonyl (C=O) groups is 2. The van der Waals surface area contributed by atoms with Crippen LogP contribution >= 0.6 is 15.9 Å². The van der Waals surface area contributed by atoms with E-state index in [1.807, 2.05) is 56.3 Å². The van der Waals surface area contributed by atoms with Gasteiger partial charge in [0.25, 0.3) is 0 Å². The Bertz CT molecular complexity index is 853. The van der Waals surface area contributed by atoms with E-state index >= 15 is 0 Å². The van der Waals surface area contributed by atoms with Crippen LogP contribution in [0.25, 0.3) is 0 Å². The maximum absolute atomic E-state index is 12.8. The Morgan fingerprint density at radius 3 is 2.78 bits per heavy atom. The molecule has 0 unspecified atom stereocenters. The van der Waals surface area contributed by atoms with Crippen molar-refractivity contribution in [2.75, 3.05) is 23.4 Å². The Kier molecular flexibility index (Phi) is 6.16. The highest BCUT2D eigenvalue weighted by atomic mass is 79.9. The number of nitrogens with zero attached hydrogens (tertiary/aromatic N) is 1. The molecule has 142 valence electrons. The summed E-state index contributed by atoms with van der Waals surface area (Å²) in [6.45, 7) is 4.82. The molecule has 1 aliphatic rings. The van der Waals surface area contributed by atoms with Crippen LogP contribution in [0.1, 0.15) is 25.8 Å². The standard InChI is InChI=1S/C21H23BrN2O3/c1-3-14-11-16(22)9-10-17(14)23-21(26)15-12-20(25)24(13-15)18-7-5-6-8-19(18)27-4-2/h5-11,15H,3-4,12-13H2,1-2H3,(H,23,26)/t15-/m1/s1. The summed E-state index contributed by atoms with van der Waals surface area (Å²) in [5.41, 5.74) is 2.57. The van der Waals surface area contributed by atoms with Crippen molar-refractivity contribution in [3.8, 4) is 5.75 Å². The number of halogens is 1. The molecule has 1 N–H and O–H groups in total. The zero-order valence-corrected chi connectivity index (χ0v) is 17.1. The molecule has 27 heavy (non-hydrogen) atoms. The molecular weight excluding hydrogens is 408 g/mol. The number of carbonyl (C=O) groups excluding carboxylic acids is 2. The molecule has 1 atom stereocenters. The third kappa shape index (κ3) is 4.33. The topological polar surface area (TPSA) is 58.6 Å². The SMILES string of the molecule is CCOc1ccccc1N1C[C@H](C(=O)Nc2ccc(Br)cc2CC)CC1=O. The van der Waals surface area contributed by atoms with Gasteiger partial charge in [-0.3, -0.25) is 9.59 Å². The van der Waals surface area contributed by atoms with E-state index in [4.69, 9.17) is 4.74 Å². The highest BCUT2D eigenvalue weighted by Crippen LogP contribution is 2.33. The van der Waals surface area contributed by atoms with Crippen LogP contribution in [-0.4, -0.2) is 25.0 Å². The molecular formula is C21H23BrN2O3. The second-order valence-corrected chi connectivity index (χ2v) is 7.37. The lowest BCUT2D eigenvalue weighted by Crippen LogP contribution is -2.28. The molecule has 0 saturated carbocycles. The smallest absolute Gasteiger partial charge is 0.229 e. The van der Waals surface area contributed by atoms with Crippen LogP contribution in [0.4, 0.5) is 11.4 Å². The third-order valence-electron chi connectivity index (χ3n) is 4.66. The van der Waals surface area contributed by atoms with Crippen molar-refractivity contribution in [2.45, 2.75) is 26.7 Å². The molecule has 1 aliphatic heterocycles. The van der Waals surface area contributed by atoms with Crippen LogP contribution in [0.5, 0.6) is 5.75 Å². The molecule has 1 heterocycles. The van der Waals surface area contributed by atoms with E-state index in [9.17, 15) is 9.59 Å².